The molecule has 10 nitrogen and oxygen atoms in total. The van der Waals surface area contributed by atoms with E-state index < -0.39 is 34.1 Å². The molecule has 54 heavy (non-hydrogen) atoms. The lowest BCUT2D eigenvalue weighted by Gasteiger charge is -2.71. The Morgan fingerprint density at radius 3 is 2.54 bits per heavy atom. The number of nitrogens with two attached hydrogens (primary N) is 1. The number of ether oxygens (including phenoxy) is 3. The Kier molecular flexibility index (Phi) is 9.30. The fourth-order valence-corrected chi connectivity index (χ4v) is 13.5. The molecule has 0 amide bonds. The van der Waals surface area contributed by atoms with Gasteiger partial charge in [0.2, 0.25) is 0 Å². The molecule has 2 aromatic rings. The van der Waals surface area contributed by atoms with Gasteiger partial charge in [-0.25, -0.2) is 14.1 Å². The van der Waals surface area contributed by atoms with Crippen LogP contribution in [0.15, 0.2) is 36.4 Å². The smallest absolute Gasteiger partial charge is 0.307 e. The van der Waals surface area contributed by atoms with Crippen molar-refractivity contribution < 1.29 is 28.5 Å². The van der Waals surface area contributed by atoms with Crippen molar-refractivity contribution in [3.8, 4) is 11.4 Å². The number of carbonyl (C=O) groups is 1. The Balaban J connectivity index is 1.24. The molecule has 8 rings (SSSR count). The van der Waals surface area contributed by atoms with Gasteiger partial charge >= 0.3 is 5.97 Å². The number of carboxylic acids is 1. The normalized spacial score (nSPS) is 42.0. The highest BCUT2D eigenvalue weighted by Gasteiger charge is 2.72. The first-order valence-electron chi connectivity index (χ1n) is 20.5. The monoisotopic (exact) mass is 747 g/mol. The largest absolute Gasteiger partial charge is 0.481 e. The van der Waals surface area contributed by atoms with Crippen LogP contribution >= 0.6 is 0 Å². The molecular weight excluding hydrogens is 686 g/mol. The van der Waals surface area contributed by atoms with Gasteiger partial charge in [0.05, 0.1) is 49.6 Å². The van der Waals surface area contributed by atoms with Crippen LogP contribution in [0.4, 0.5) is 4.39 Å². The zero-order chi connectivity index (χ0) is 38.5. The van der Waals surface area contributed by atoms with Gasteiger partial charge in [0.1, 0.15) is 6.33 Å². The van der Waals surface area contributed by atoms with Crippen molar-refractivity contribution in [3.05, 3.63) is 42.3 Å². The van der Waals surface area contributed by atoms with E-state index in [9.17, 15) is 9.90 Å². The highest BCUT2D eigenvalue weighted by Crippen LogP contribution is 2.75. The molecule has 0 unspecified atom stereocenters. The number of halogens is 1. The summed E-state index contributed by atoms with van der Waals surface area (Å²) in [5.41, 5.74) is 6.60. The second-order valence-corrected chi connectivity index (χ2v) is 19.7. The zero-order valence-corrected chi connectivity index (χ0v) is 33.4. The maximum atomic E-state index is 15.4. The summed E-state index contributed by atoms with van der Waals surface area (Å²) in [6, 6.07) is 1.38. The zero-order valence-electron chi connectivity index (χ0n) is 33.4. The van der Waals surface area contributed by atoms with Crippen LogP contribution in [0.3, 0.4) is 0 Å². The number of hydrogen-bond acceptors (Lipinski definition) is 8. The van der Waals surface area contributed by atoms with Crippen LogP contribution in [-0.2, 0) is 19.0 Å². The summed E-state index contributed by atoms with van der Waals surface area (Å²) in [4.78, 5) is 22.2. The van der Waals surface area contributed by atoms with Crippen molar-refractivity contribution in [3.63, 3.8) is 0 Å². The third-order valence-corrected chi connectivity index (χ3v) is 17.0. The molecule has 296 valence electrons. The molecule has 0 spiro atoms. The minimum absolute atomic E-state index is 0.208. The maximum absolute atomic E-state index is 15.4. The lowest BCUT2D eigenvalue weighted by atomic mass is 9.34. The number of rotatable bonds is 8. The molecule has 0 radical (unpaired) electrons. The van der Waals surface area contributed by atoms with Gasteiger partial charge in [-0.15, -0.1) is 0 Å². The number of pyridine rings is 1. The lowest BCUT2D eigenvalue weighted by Crippen LogP contribution is -2.69. The third-order valence-electron chi connectivity index (χ3n) is 17.0. The van der Waals surface area contributed by atoms with Crippen LogP contribution in [0.2, 0.25) is 0 Å². The minimum atomic E-state index is -0.655. The molecule has 2 aliphatic heterocycles. The van der Waals surface area contributed by atoms with E-state index in [0.29, 0.717) is 56.8 Å². The SMILES string of the molecule is CC(C)[C@@H](C)[C@@]1(C)CC[C@]2(C)[C@H]3CC[C@@H]4[C@@]5(COC[C@@]4(C)[C@@H](OCC4(N)CCOCC4)[C@H](n4ncnc4-c4ccncc4F)C5)C3=CC[C@@]2(C)[C@@H]1C(=O)O. The second kappa shape index (κ2) is 13.2. The van der Waals surface area contributed by atoms with Gasteiger partial charge in [-0.1, -0.05) is 60.1 Å². The van der Waals surface area contributed by atoms with Crippen molar-refractivity contribution >= 4 is 5.97 Å². The van der Waals surface area contributed by atoms with E-state index in [2.05, 4.69) is 64.5 Å². The number of aromatic nitrogens is 4. The Bertz CT molecular complexity index is 1790. The average Bonchev–Trinajstić information content (AvgIpc) is 3.61. The number of allylic oxidation sites excluding steroid dienone is 1. The van der Waals surface area contributed by atoms with E-state index in [0.717, 1.165) is 44.9 Å². The van der Waals surface area contributed by atoms with Gasteiger partial charge in [-0.3, -0.25) is 9.78 Å². The van der Waals surface area contributed by atoms with Crippen LogP contribution in [0.25, 0.3) is 11.4 Å². The van der Waals surface area contributed by atoms with Crippen molar-refractivity contribution in [1.82, 2.24) is 19.7 Å². The molecule has 4 heterocycles. The molecular formula is C43H62FN5O5. The summed E-state index contributed by atoms with van der Waals surface area (Å²) in [5.74, 6) is 0.0610. The van der Waals surface area contributed by atoms with Crippen LogP contribution in [0.5, 0.6) is 0 Å². The first-order valence-corrected chi connectivity index (χ1v) is 20.5. The first-order chi connectivity index (χ1) is 25.5. The maximum Gasteiger partial charge on any atom is 0.307 e. The molecule has 0 aromatic carbocycles. The van der Waals surface area contributed by atoms with E-state index in [1.165, 1.54) is 18.1 Å². The quantitative estimate of drug-likeness (QED) is 0.263. The molecule has 2 saturated heterocycles. The Morgan fingerprint density at radius 2 is 1.83 bits per heavy atom. The molecule has 4 aliphatic carbocycles. The minimum Gasteiger partial charge on any atom is -0.481 e. The number of fused-ring (bicyclic) bond motifs is 3. The standard InChI is InChI=1S/C43H62FN5O5/c1-26(2)27(3)38(4)13-14-40(6)29-8-9-33-39(5)22-53-24-43(33,30(29)10-12-41(40,7)34(38)37(50)51)20-32(35(39)54-23-42(45)15-18-52-19-16-42)49-36(47-25-48-49)28-11-17-46-21-31(28)44/h10-11,17,21,25-27,29,32-35H,8-9,12-16,18-20,22-24,45H2,1-7H3,(H,50,51)/t27-,29+,32-,33+,34-,35+,38-,39-,40-,41+,43+/m1/s1. The summed E-state index contributed by atoms with van der Waals surface area (Å²) in [6.45, 7) is 18.8. The van der Waals surface area contributed by atoms with Gasteiger partial charge in [-0.05, 0) is 97.3 Å². The highest BCUT2D eigenvalue weighted by atomic mass is 19.1. The fourth-order valence-electron chi connectivity index (χ4n) is 13.5. The van der Waals surface area contributed by atoms with Crippen molar-refractivity contribution in [2.45, 2.75) is 118 Å². The summed E-state index contributed by atoms with van der Waals surface area (Å²) in [6.07, 6.45) is 13.2. The Morgan fingerprint density at radius 1 is 1.07 bits per heavy atom. The number of aliphatic carboxylic acids is 1. The van der Waals surface area contributed by atoms with Gasteiger partial charge in [0.25, 0.3) is 0 Å². The number of carboxylic acid groups (broad SMARTS) is 1. The summed E-state index contributed by atoms with van der Waals surface area (Å²) >= 11 is 0. The first kappa shape index (κ1) is 38.2. The molecule has 2 bridgehead atoms. The van der Waals surface area contributed by atoms with Gasteiger partial charge in [-0.2, -0.15) is 5.10 Å². The van der Waals surface area contributed by atoms with Crippen LogP contribution < -0.4 is 5.73 Å². The third kappa shape index (κ3) is 5.37. The van der Waals surface area contributed by atoms with E-state index >= 15 is 4.39 Å². The molecule has 11 heteroatoms. The predicted molar refractivity (Wildman–Crippen MR) is 203 cm³/mol. The van der Waals surface area contributed by atoms with Crippen LogP contribution in [-0.4, -0.2) is 75.5 Å². The van der Waals surface area contributed by atoms with Crippen molar-refractivity contribution in [1.29, 1.82) is 0 Å². The average molecular weight is 748 g/mol. The molecule has 3 N–H and O–H groups in total. The fraction of sp³-hybridized carbons (Fsp3) is 0.767. The molecule has 2 aromatic heterocycles. The van der Waals surface area contributed by atoms with Gasteiger partial charge in [0, 0.05) is 35.8 Å². The van der Waals surface area contributed by atoms with Crippen LogP contribution in [0.1, 0.15) is 106 Å². The van der Waals surface area contributed by atoms with E-state index in [-0.39, 0.29) is 46.1 Å². The predicted octanol–water partition coefficient (Wildman–Crippen LogP) is 7.50. The van der Waals surface area contributed by atoms with Crippen molar-refractivity contribution in [2.24, 2.45) is 62.4 Å². The molecule has 6 aliphatic rings. The van der Waals surface area contributed by atoms with E-state index in [1.54, 1.807) is 12.3 Å². The Hall–Kier alpha value is -2.73. The number of nitrogens with zero attached hydrogens (tertiary/aromatic N) is 4. The van der Waals surface area contributed by atoms with Gasteiger partial charge in [0.15, 0.2) is 11.6 Å². The lowest BCUT2D eigenvalue weighted by molar-refractivity contribution is -0.253. The Labute approximate surface area is 320 Å². The van der Waals surface area contributed by atoms with Crippen LogP contribution in [0, 0.1) is 62.5 Å². The summed E-state index contributed by atoms with van der Waals surface area (Å²) in [7, 11) is 0. The molecule has 3 saturated carbocycles. The topological polar surface area (TPSA) is 135 Å². The molecule has 11 atom stereocenters. The van der Waals surface area contributed by atoms with E-state index in [4.69, 9.17) is 25.0 Å². The molecule has 5 fully saturated rings. The van der Waals surface area contributed by atoms with E-state index in [1.807, 2.05) is 4.68 Å². The highest BCUT2D eigenvalue weighted by molar-refractivity contribution is 5.73. The second-order valence-electron chi connectivity index (χ2n) is 19.7. The van der Waals surface area contributed by atoms with Crippen molar-refractivity contribution in [2.75, 3.05) is 33.0 Å². The van der Waals surface area contributed by atoms with Gasteiger partial charge < -0.3 is 25.1 Å². The summed E-state index contributed by atoms with van der Waals surface area (Å²) < 4.78 is 36.9. The number of hydrogen-bond donors (Lipinski definition) is 2. The summed E-state index contributed by atoms with van der Waals surface area (Å²) in [5, 5.41) is 16.0.